The lowest BCUT2D eigenvalue weighted by atomic mass is 10.0. The fourth-order valence-corrected chi connectivity index (χ4v) is 4.16. The van der Waals surface area contributed by atoms with E-state index in [0.717, 1.165) is 44.9 Å². The van der Waals surface area contributed by atoms with Crippen LogP contribution in [0.4, 0.5) is 0 Å². The molecule has 0 spiro atoms. The molecule has 24 heavy (non-hydrogen) atoms. The highest BCUT2D eigenvalue weighted by Crippen LogP contribution is 2.20. The molecular weight excluding hydrogens is 324 g/mol. The van der Waals surface area contributed by atoms with Crippen molar-refractivity contribution in [1.82, 2.24) is 0 Å². The second-order valence-electron chi connectivity index (χ2n) is 7.09. The summed E-state index contributed by atoms with van der Waals surface area (Å²) in [5.74, 6) is 0. The van der Waals surface area contributed by atoms with Crippen molar-refractivity contribution in [3.8, 4) is 0 Å². The molecule has 2 atom stereocenters. The van der Waals surface area contributed by atoms with Gasteiger partial charge in [0.15, 0.2) is 0 Å². The Hall–Kier alpha value is -0.130. The number of hydrogen-bond acceptors (Lipinski definition) is 3. The van der Waals surface area contributed by atoms with Crippen LogP contribution in [-0.2, 0) is 10.1 Å². The van der Waals surface area contributed by atoms with Gasteiger partial charge in [0.2, 0.25) is 0 Å². The second kappa shape index (κ2) is 15.2. The number of rotatable bonds is 17. The number of hydrogen-bond donors (Lipinski definition) is 2. The Bertz CT molecular complexity index is 368. The molecule has 0 aromatic carbocycles. The smallest absolute Gasteiger partial charge is 0.270 e. The van der Waals surface area contributed by atoms with Crippen LogP contribution >= 0.6 is 0 Å². The zero-order valence-corrected chi connectivity index (χ0v) is 16.7. The van der Waals surface area contributed by atoms with E-state index in [1.807, 2.05) is 0 Å². The first kappa shape index (κ1) is 23.9. The Morgan fingerprint density at radius 2 is 1.04 bits per heavy atom. The number of unbranched alkanes of at least 4 members (excludes halogenated alkanes) is 11. The minimum absolute atomic E-state index is 0.365. The molecule has 0 aliphatic rings. The van der Waals surface area contributed by atoms with Crippen LogP contribution in [0, 0.1) is 0 Å². The topological polar surface area (TPSA) is 74.6 Å². The predicted molar refractivity (Wildman–Crippen MR) is 102 cm³/mol. The van der Waals surface area contributed by atoms with E-state index in [2.05, 4.69) is 13.8 Å². The zero-order chi connectivity index (χ0) is 18.3. The van der Waals surface area contributed by atoms with Gasteiger partial charge < -0.3 is 5.11 Å². The lowest BCUT2D eigenvalue weighted by Gasteiger charge is -2.20. The Morgan fingerprint density at radius 3 is 1.46 bits per heavy atom. The molecule has 0 saturated heterocycles. The maximum absolute atomic E-state index is 11.5. The molecule has 146 valence electrons. The maximum atomic E-state index is 11.5. The van der Waals surface area contributed by atoms with Crippen molar-refractivity contribution in [2.24, 2.45) is 0 Å². The highest BCUT2D eigenvalue weighted by atomic mass is 32.2. The quantitative estimate of drug-likeness (QED) is 0.264. The summed E-state index contributed by atoms with van der Waals surface area (Å²) >= 11 is 0. The van der Waals surface area contributed by atoms with Crippen molar-refractivity contribution in [1.29, 1.82) is 0 Å². The Balaban J connectivity index is 3.97. The van der Waals surface area contributed by atoms with E-state index in [4.69, 9.17) is 0 Å². The SMILES string of the molecule is CCCCCCCCCCC(C(O)CCCCCCC)S(=O)(=O)O. The van der Waals surface area contributed by atoms with E-state index in [9.17, 15) is 18.1 Å². The molecular formula is C19H40O4S. The van der Waals surface area contributed by atoms with Gasteiger partial charge in [-0.25, -0.2) is 0 Å². The van der Waals surface area contributed by atoms with E-state index in [1.165, 1.54) is 38.5 Å². The van der Waals surface area contributed by atoms with Crippen LogP contribution in [-0.4, -0.2) is 29.4 Å². The molecule has 0 amide bonds. The second-order valence-corrected chi connectivity index (χ2v) is 8.72. The Morgan fingerprint density at radius 1 is 0.667 bits per heavy atom. The van der Waals surface area contributed by atoms with Gasteiger partial charge in [-0.3, -0.25) is 4.55 Å². The molecule has 0 aliphatic heterocycles. The van der Waals surface area contributed by atoms with Crippen molar-refractivity contribution >= 4 is 10.1 Å². The van der Waals surface area contributed by atoms with E-state index < -0.39 is 21.5 Å². The Labute approximate surface area is 150 Å². The summed E-state index contributed by atoms with van der Waals surface area (Å²) < 4.78 is 32.5. The molecule has 0 bridgehead atoms. The molecule has 0 fully saturated rings. The van der Waals surface area contributed by atoms with Crippen molar-refractivity contribution in [3.05, 3.63) is 0 Å². The molecule has 2 unspecified atom stereocenters. The standard InChI is InChI=1S/C19H40O4S/c1-3-5-7-9-10-11-13-15-17-19(24(21,22)23)18(20)16-14-12-8-6-4-2/h18-20H,3-17H2,1-2H3,(H,21,22,23). The molecule has 0 saturated carbocycles. The van der Waals surface area contributed by atoms with Crippen molar-refractivity contribution in [2.75, 3.05) is 0 Å². The van der Waals surface area contributed by atoms with E-state index in [0.29, 0.717) is 12.8 Å². The van der Waals surface area contributed by atoms with Gasteiger partial charge in [0.25, 0.3) is 10.1 Å². The average molecular weight is 365 g/mol. The van der Waals surface area contributed by atoms with Crippen LogP contribution < -0.4 is 0 Å². The Kier molecular flexibility index (Phi) is 15.1. The van der Waals surface area contributed by atoms with E-state index >= 15 is 0 Å². The maximum Gasteiger partial charge on any atom is 0.270 e. The van der Waals surface area contributed by atoms with Gasteiger partial charge in [-0.05, 0) is 12.8 Å². The van der Waals surface area contributed by atoms with E-state index in [1.54, 1.807) is 0 Å². The number of aliphatic hydroxyl groups is 1. The zero-order valence-electron chi connectivity index (χ0n) is 15.9. The van der Waals surface area contributed by atoms with Crippen LogP contribution in [0.2, 0.25) is 0 Å². The predicted octanol–water partition coefficient (Wildman–Crippen LogP) is 5.50. The first-order chi connectivity index (χ1) is 11.4. The van der Waals surface area contributed by atoms with Gasteiger partial charge in [0.1, 0.15) is 5.25 Å². The summed E-state index contributed by atoms with van der Waals surface area (Å²) in [4.78, 5) is 0. The molecule has 0 aliphatic carbocycles. The minimum atomic E-state index is -4.17. The largest absolute Gasteiger partial charge is 0.392 e. The summed E-state index contributed by atoms with van der Waals surface area (Å²) in [6, 6.07) is 0. The normalized spacial score (nSPS) is 14.7. The summed E-state index contributed by atoms with van der Waals surface area (Å²) in [6.45, 7) is 4.34. The molecule has 4 nitrogen and oxygen atoms in total. The lowest BCUT2D eigenvalue weighted by Crippen LogP contribution is -2.33. The monoisotopic (exact) mass is 364 g/mol. The van der Waals surface area contributed by atoms with Gasteiger partial charge in [-0.1, -0.05) is 97.3 Å². The molecule has 0 aromatic heterocycles. The first-order valence-electron chi connectivity index (χ1n) is 10.1. The first-order valence-corrected chi connectivity index (χ1v) is 11.6. The molecule has 5 heteroatoms. The summed E-state index contributed by atoms with van der Waals surface area (Å²) in [5.41, 5.74) is 0. The number of aliphatic hydroxyl groups excluding tert-OH is 1. The molecule has 0 aromatic rings. The van der Waals surface area contributed by atoms with Crippen LogP contribution in [0.1, 0.15) is 110 Å². The van der Waals surface area contributed by atoms with Gasteiger partial charge in [-0.15, -0.1) is 0 Å². The van der Waals surface area contributed by atoms with Crippen LogP contribution in [0.25, 0.3) is 0 Å². The van der Waals surface area contributed by atoms with Gasteiger partial charge >= 0.3 is 0 Å². The molecule has 0 heterocycles. The van der Waals surface area contributed by atoms with Crippen molar-refractivity contribution in [2.45, 2.75) is 122 Å². The molecule has 0 radical (unpaired) electrons. The third-order valence-electron chi connectivity index (χ3n) is 4.76. The van der Waals surface area contributed by atoms with Gasteiger partial charge in [0, 0.05) is 0 Å². The van der Waals surface area contributed by atoms with Crippen LogP contribution in [0.3, 0.4) is 0 Å². The highest BCUT2D eigenvalue weighted by Gasteiger charge is 2.29. The molecule has 0 rings (SSSR count). The summed E-state index contributed by atoms with van der Waals surface area (Å²) in [6.07, 6.45) is 14.3. The summed E-state index contributed by atoms with van der Waals surface area (Å²) in [5, 5.41) is 9.15. The van der Waals surface area contributed by atoms with Gasteiger partial charge in [0.05, 0.1) is 6.10 Å². The average Bonchev–Trinajstić information content (AvgIpc) is 2.51. The van der Waals surface area contributed by atoms with Crippen molar-refractivity contribution in [3.63, 3.8) is 0 Å². The minimum Gasteiger partial charge on any atom is -0.392 e. The van der Waals surface area contributed by atoms with Crippen LogP contribution in [0.15, 0.2) is 0 Å². The fourth-order valence-electron chi connectivity index (χ4n) is 3.16. The molecule has 2 N–H and O–H groups in total. The lowest BCUT2D eigenvalue weighted by molar-refractivity contribution is 0.146. The van der Waals surface area contributed by atoms with Crippen LogP contribution in [0.5, 0.6) is 0 Å². The summed E-state index contributed by atoms with van der Waals surface area (Å²) in [7, 11) is -4.17. The fraction of sp³-hybridized carbons (Fsp3) is 1.00. The van der Waals surface area contributed by atoms with Crippen molar-refractivity contribution < 1.29 is 18.1 Å². The van der Waals surface area contributed by atoms with E-state index in [-0.39, 0.29) is 0 Å². The van der Waals surface area contributed by atoms with Gasteiger partial charge in [-0.2, -0.15) is 8.42 Å². The highest BCUT2D eigenvalue weighted by molar-refractivity contribution is 7.86. The third-order valence-corrected chi connectivity index (χ3v) is 6.07. The third kappa shape index (κ3) is 13.2.